The Morgan fingerprint density at radius 2 is 1.70 bits per heavy atom. The number of aryl methyl sites for hydroxylation is 1. The fraction of sp³-hybridized carbons (Fsp3) is 0.655. The van der Waals surface area contributed by atoms with Crippen LogP contribution in [0, 0.1) is 0 Å². The number of amides is 2. The fourth-order valence-electron chi connectivity index (χ4n) is 4.66. The molecule has 2 aromatic rings. The lowest BCUT2D eigenvalue weighted by atomic mass is 10.1. The maximum Gasteiger partial charge on any atom is 0.358 e. The monoisotopic (exact) mass is 592 g/mol. The molecule has 0 spiro atoms. The van der Waals surface area contributed by atoms with Gasteiger partial charge in [-0.3, -0.25) is 0 Å². The summed E-state index contributed by atoms with van der Waals surface area (Å²) < 4.78 is 31.7. The van der Waals surface area contributed by atoms with Crippen molar-refractivity contribution in [3.63, 3.8) is 0 Å². The Morgan fingerprint density at radius 3 is 2.42 bits per heavy atom. The molecule has 3 heterocycles. The second-order valence-corrected chi connectivity index (χ2v) is 13.7. The highest BCUT2D eigenvalue weighted by Crippen LogP contribution is 2.33. The molecule has 1 aliphatic rings. The molecule has 0 N–H and O–H groups in total. The maximum atomic E-state index is 13.4. The average molecular weight is 593 g/mol. The third kappa shape index (κ3) is 8.99. The second kappa shape index (κ2) is 16.0. The zero-order valence-corrected chi connectivity index (χ0v) is 25.8. The van der Waals surface area contributed by atoms with Gasteiger partial charge in [-0.05, 0) is 43.4 Å². The van der Waals surface area contributed by atoms with Crippen LogP contribution in [0.2, 0.25) is 0 Å². The largest absolute Gasteiger partial charge is 0.434 e. The van der Waals surface area contributed by atoms with E-state index in [0.29, 0.717) is 13.0 Å². The van der Waals surface area contributed by atoms with E-state index < -0.39 is 22.0 Å². The minimum Gasteiger partial charge on any atom is -0.434 e. The van der Waals surface area contributed by atoms with E-state index in [1.54, 1.807) is 17.2 Å². The third-order valence-electron chi connectivity index (χ3n) is 7.02. The summed E-state index contributed by atoms with van der Waals surface area (Å²) in [4.78, 5) is 38.1. The lowest BCUT2D eigenvalue weighted by molar-refractivity contribution is 0.0318. The number of nitrogens with zero attached hydrogens (tertiary/aromatic N) is 4. The number of anilines is 1. The predicted molar refractivity (Wildman–Crippen MR) is 159 cm³/mol. The molecule has 40 heavy (non-hydrogen) atoms. The summed E-state index contributed by atoms with van der Waals surface area (Å²) in [5, 5.41) is 0.213. The van der Waals surface area contributed by atoms with Gasteiger partial charge >= 0.3 is 12.0 Å². The number of thiazole rings is 1. The van der Waals surface area contributed by atoms with Crippen LogP contribution < -0.4 is 4.90 Å². The van der Waals surface area contributed by atoms with E-state index in [-0.39, 0.29) is 33.4 Å². The first-order valence-electron chi connectivity index (χ1n) is 14.7. The number of carbonyl (C=O) groups is 2. The summed E-state index contributed by atoms with van der Waals surface area (Å²) in [5.74, 6) is -0.570. The molecule has 0 bridgehead atoms. The molecule has 11 heteroatoms. The summed E-state index contributed by atoms with van der Waals surface area (Å²) in [6, 6.07) is 3.32. The second-order valence-electron chi connectivity index (χ2n) is 10.4. The van der Waals surface area contributed by atoms with Gasteiger partial charge in [0, 0.05) is 12.7 Å². The molecule has 0 radical (unpaired) electrons. The highest BCUT2D eigenvalue weighted by molar-refractivity contribution is 7.93. The van der Waals surface area contributed by atoms with Crippen molar-refractivity contribution in [2.75, 3.05) is 23.7 Å². The van der Waals surface area contributed by atoms with Crippen molar-refractivity contribution in [2.24, 2.45) is 0 Å². The average Bonchev–Trinajstić information content (AvgIpc) is 3.54. The smallest absolute Gasteiger partial charge is 0.358 e. The normalized spacial score (nSPS) is 15.7. The number of esters is 1. The molecule has 9 nitrogen and oxygen atoms in total. The zero-order chi connectivity index (χ0) is 29.0. The molecule has 1 unspecified atom stereocenters. The van der Waals surface area contributed by atoms with Gasteiger partial charge in [-0.25, -0.2) is 32.9 Å². The van der Waals surface area contributed by atoms with Gasteiger partial charge in [0.25, 0.3) is 0 Å². The van der Waals surface area contributed by atoms with E-state index in [9.17, 15) is 18.0 Å². The van der Waals surface area contributed by atoms with Crippen LogP contribution in [0.5, 0.6) is 0 Å². The summed E-state index contributed by atoms with van der Waals surface area (Å²) in [6.45, 7) is 7.05. The number of unbranched alkanes of at least 4 members (excludes halogenated alkanes) is 8. The van der Waals surface area contributed by atoms with Crippen molar-refractivity contribution in [1.82, 2.24) is 14.9 Å². The van der Waals surface area contributed by atoms with Crippen molar-refractivity contribution in [3.05, 3.63) is 35.8 Å². The van der Waals surface area contributed by atoms with Crippen LogP contribution in [0.4, 0.5) is 9.93 Å². The molecule has 1 saturated heterocycles. The minimum absolute atomic E-state index is 0.0462. The number of ether oxygens (including phenoxy) is 1. The first kappa shape index (κ1) is 32.0. The molecule has 2 amide bonds. The number of carbonyl (C=O) groups excluding carboxylic acids is 2. The van der Waals surface area contributed by atoms with Crippen molar-refractivity contribution in [3.8, 4) is 0 Å². The SMILES string of the molecule is CCCCCCc1ccnc(C(=O)OC2CN(CCCCC)C(=O)N2c2ncc(S(=O)(=O)CCCCCC)s2)c1. The van der Waals surface area contributed by atoms with Gasteiger partial charge < -0.3 is 9.64 Å². The molecule has 3 rings (SSSR count). The molecular formula is C29H44N4O5S2. The summed E-state index contributed by atoms with van der Waals surface area (Å²) in [5.41, 5.74) is 1.21. The van der Waals surface area contributed by atoms with E-state index in [0.717, 1.165) is 81.1 Å². The predicted octanol–water partition coefficient (Wildman–Crippen LogP) is 6.63. The van der Waals surface area contributed by atoms with Gasteiger partial charge in [0.1, 0.15) is 9.90 Å². The Morgan fingerprint density at radius 1 is 1.00 bits per heavy atom. The molecular weight excluding hydrogens is 548 g/mol. The zero-order valence-electron chi connectivity index (χ0n) is 24.1. The molecule has 0 saturated carbocycles. The van der Waals surface area contributed by atoms with Crippen LogP contribution >= 0.6 is 11.3 Å². The molecule has 0 aliphatic carbocycles. The van der Waals surface area contributed by atoms with Crippen molar-refractivity contribution in [1.29, 1.82) is 0 Å². The van der Waals surface area contributed by atoms with Gasteiger partial charge in [-0.2, -0.15) is 0 Å². The van der Waals surface area contributed by atoms with Gasteiger partial charge in [-0.15, -0.1) is 0 Å². The standard InChI is InChI=1S/C29H44N4O5S2/c1-4-7-10-12-15-23-16-17-30-24(20-23)27(34)38-25-22-32(18-13-9-6-3)29(35)33(25)28-31-21-26(39-28)40(36,37)19-14-11-8-5-2/h16-17,20-21,25H,4-15,18-19,22H2,1-3H3. The van der Waals surface area contributed by atoms with Gasteiger partial charge in [0.05, 0.1) is 18.5 Å². The number of hydrogen-bond acceptors (Lipinski definition) is 8. The van der Waals surface area contributed by atoms with Crippen molar-refractivity contribution < 1.29 is 22.7 Å². The Labute approximate surface area is 243 Å². The molecule has 222 valence electrons. The first-order valence-corrected chi connectivity index (χ1v) is 17.2. The van der Waals surface area contributed by atoms with Gasteiger partial charge in [0.2, 0.25) is 6.23 Å². The van der Waals surface area contributed by atoms with Crippen LogP contribution in [-0.2, 0) is 21.0 Å². The van der Waals surface area contributed by atoms with E-state index in [2.05, 4.69) is 30.7 Å². The topological polar surface area (TPSA) is 110 Å². The number of hydrogen-bond donors (Lipinski definition) is 0. The number of urea groups is 1. The number of pyridine rings is 1. The summed E-state index contributed by atoms with van der Waals surface area (Å²) in [6.07, 6.45) is 13.6. The Bertz CT molecular complexity index is 1200. The first-order chi connectivity index (χ1) is 19.3. The highest BCUT2D eigenvalue weighted by Gasteiger charge is 2.42. The minimum atomic E-state index is -3.51. The van der Waals surface area contributed by atoms with Gasteiger partial charge in [-0.1, -0.05) is 83.5 Å². The van der Waals surface area contributed by atoms with Crippen LogP contribution in [0.1, 0.15) is 107 Å². The lowest BCUT2D eigenvalue weighted by Crippen LogP contribution is -2.37. The van der Waals surface area contributed by atoms with Gasteiger partial charge in [0.15, 0.2) is 15.0 Å². The quantitative estimate of drug-likeness (QED) is 0.141. The molecule has 0 aromatic carbocycles. The lowest BCUT2D eigenvalue weighted by Gasteiger charge is -2.20. The molecule has 1 aliphatic heterocycles. The number of rotatable bonds is 18. The Hall–Kier alpha value is -2.53. The van der Waals surface area contributed by atoms with E-state index in [1.807, 2.05) is 6.07 Å². The highest BCUT2D eigenvalue weighted by atomic mass is 32.2. The van der Waals surface area contributed by atoms with E-state index in [4.69, 9.17) is 4.74 Å². The Balaban J connectivity index is 1.76. The summed E-state index contributed by atoms with van der Waals surface area (Å²) >= 11 is 0.950. The van der Waals surface area contributed by atoms with Crippen LogP contribution in [0.3, 0.4) is 0 Å². The van der Waals surface area contributed by atoms with E-state index in [1.165, 1.54) is 17.5 Å². The molecule has 1 fully saturated rings. The van der Waals surface area contributed by atoms with Crippen molar-refractivity contribution in [2.45, 2.75) is 108 Å². The third-order valence-corrected chi connectivity index (χ3v) is 10.4. The number of sulfone groups is 1. The van der Waals surface area contributed by atoms with E-state index >= 15 is 0 Å². The maximum absolute atomic E-state index is 13.4. The van der Waals surface area contributed by atoms with Crippen LogP contribution in [0.15, 0.2) is 28.7 Å². The van der Waals surface area contributed by atoms with Crippen LogP contribution in [-0.4, -0.2) is 60.4 Å². The fourth-order valence-corrected chi connectivity index (χ4v) is 7.33. The number of aromatic nitrogens is 2. The molecule has 2 aromatic heterocycles. The summed E-state index contributed by atoms with van der Waals surface area (Å²) in [7, 11) is -3.51. The van der Waals surface area contributed by atoms with Crippen LogP contribution in [0.25, 0.3) is 0 Å². The van der Waals surface area contributed by atoms with Crippen molar-refractivity contribution >= 4 is 38.3 Å². The Kier molecular flexibility index (Phi) is 12.8. The molecule has 1 atom stereocenters.